The summed E-state index contributed by atoms with van der Waals surface area (Å²) in [5.74, 6) is -1.63. The fraction of sp³-hybridized carbons (Fsp3) is 0.444. The number of carboxylic acids is 1. The Bertz CT molecular complexity index is 1210. The molecule has 2 aromatic rings. The highest BCUT2D eigenvalue weighted by molar-refractivity contribution is 8.01. The zero-order valence-corrected chi connectivity index (χ0v) is 20.4. The fourth-order valence-corrected chi connectivity index (χ4v) is 6.84. The molecule has 2 aliphatic rings. The Morgan fingerprint density at radius 1 is 1.38 bits per heavy atom. The zero-order chi connectivity index (χ0) is 24.6. The van der Waals surface area contributed by atoms with Crippen LogP contribution >= 0.6 is 34.9 Å². The van der Waals surface area contributed by atoms with E-state index in [4.69, 9.17) is 0 Å². The van der Waals surface area contributed by atoms with Crippen LogP contribution in [0.3, 0.4) is 0 Å². The summed E-state index contributed by atoms with van der Waals surface area (Å²) in [6.07, 6.45) is -0.0361. The zero-order valence-electron chi connectivity index (χ0n) is 18.0. The summed E-state index contributed by atoms with van der Waals surface area (Å²) in [5.41, 5.74) is 1.10. The average Bonchev–Trinajstić information content (AvgIpc) is 3.38. The van der Waals surface area contributed by atoms with E-state index in [1.54, 1.807) is 6.92 Å². The third-order valence-electron chi connectivity index (χ3n) is 5.15. The van der Waals surface area contributed by atoms with Gasteiger partial charge in [-0.05, 0) is 24.3 Å². The predicted octanol–water partition coefficient (Wildman–Crippen LogP) is 1.18. The number of hydrogen-bond donors (Lipinski definition) is 2. The van der Waals surface area contributed by atoms with Gasteiger partial charge in [0, 0.05) is 17.9 Å². The number of nitrogens with one attached hydrogen (secondary N) is 1. The van der Waals surface area contributed by atoms with E-state index in [1.165, 1.54) is 50.5 Å². The van der Waals surface area contributed by atoms with Crippen molar-refractivity contribution < 1.29 is 24.4 Å². The van der Waals surface area contributed by atoms with Gasteiger partial charge >= 0.3 is 11.8 Å². The number of carboxylic acid groups (broad SMARTS) is 1. The van der Waals surface area contributed by atoms with Crippen LogP contribution in [0.2, 0.25) is 0 Å². The average molecular weight is 526 g/mol. The first kappa shape index (κ1) is 24.2. The summed E-state index contributed by atoms with van der Waals surface area (Å²) in [5, 5.41) is 35.3. The Hall–Kier alpha value is -2.98. The molecule has 0 spiro atoms. The van der Waals surface area contributed by atoms with Gasteiger partial charge in [-0.15, -0.1) is 22.0 Å². The van der Waals surface area contributed by atoms with Gasteiger partial charge in [0.15, 0.2) is 4.34 Å². The normalized spacial score (nSPS) is 19.6. The van der Waals surface area contributed by atoms with Crippen LogP contribution in [-0.2, 0) is 20.9 Å². The number of amides is 2. The largest absolute Gasteiger partial charge is 0.477 e. The number of nitrogens with zero attached hydrogens (tertiary/aromatic N) is 6. The Balaban J connectivity index is 1.37. The van der Waals surface area contributed by atoms with Crippen molar-refractivity contribution >= 4 is 58.5 Å². The van der Waals surface area contributed by atoms with Gasteiger partial charge in [0.1, 0.15) is 22.1 Å². The number of aliphatic carboxylic acids is 1. The predicted molar refractivity (Wildman–Crippen MR) is 123 cm³/mol. The second kappa shape index (κ2) is 9.71. The van der Waals surface area contributed by atoms with Crippen LogP contribution in [0, 0.1) is 24.0 Å². The van der Waals surface area contributed by atoms with Gasteiger partial charge in [-0.1, -0.05) is 23.1 Å². The summed E-state index contributed by atoms with van der Waals surface area (Å²) in [6.45, 7) is 3.59. The van der Waals surface area contributed by atoms with E-state index < -0.39 is 34.1 Å². The lowest BCUT2D eigenvalue weighted by molar-refractivity contribution is -0.389. The molecule has 180 valence electrons. The topological polar surface area (TPSA) is 173 Å². The summed E-state index contributed by atoms with van der Waals surface area (Å²) < 4.78 is 2.08. The molecule has 2 N–H and O–H groups in total. The SMILES string of the molecule is Cc1nnc(SCC2=C(C(=O)O)N3C(=O)[C@H](NC(=O)CCn4nc([N+](=O)[O-])cc4C)[C@@H]3SC2)s1. The molecule has 0 bridgehead atoms. The molecule has 1 fully saturated rings. The van der Waals surface area contributed by atoms with Crippen LogP contribution in [0.25, 0.3) is 0 Å². The summed E-state index contributed by atoms with van der Waals surface area (Å²) in [7, 11) is 0. The highest BCUT2D eigenvalue weighted by Crippen LogP contribution is 2.41. The van der Waals surface area contributed by atoms with Crippen molar-refractivity contribution in [1.29, 1.82) is 0 Å². The molecular formula is C18H19N7O6S3. The van der Waals surface area contributed by atoms with E-state index in [1.807, 2.05) is 6.92 Å². The molecule has 2 aliphatic heterocycles. The Labute approximate surface area is 205 Å². The van der Waals surface area contributed by atoms with Crippen LogP contribution < -0.4 is 5.32 Å². The van der Waals surface area contributed by atoms with Gasteiger partial charge in [0.25, 0.3) is 5.91 Å². The van der Waals surface area contributed by atoms with Gasteiger partial charge in [0.05, 0.1) is 23.4 Å². The summed E-state index contributed by atoms with van der Waals surface area (Å²) >= 11 is 4.17. The maximum atomic E-state index is 12.8. The van der Waals surface area contributed by atoms with Crippen molar-refractivity contribution in [3.8, 4) is 0 Å². The van der Waals surface area contributed by atoms with E-state index in [0.29, 0.717) is 22.8 Å². The maximum Gasteiger partial charge on any atom is 0.390 e. The molecule has 0 saturated carbocycles. The Morgan fingerprint density at radius 2 is 2.15 bits per heavy atom. The van der Waals surface area contributed by atoms with Gasteiger partial charge in [-0.3, -0.25) is 14.5 Å². The van der Waals surface area contributed by atoms with Crippen LogP contribution in [0.1, 0.15) is 17.1 Å². The van der Waals surface area contributed by atoms with Crippen LogP contribution in [0.5, 0.6) is 0 Å². The van der Waals surface area contributed by atoms with Crippen molar-refractivity contribution in [2.45, 2.75) is 42.6 Å². The number of β-lactam (4-membered cyclic amide) rings is 1. The molecule has 34 heavy (non-hydrogen) atoms. The molecule has 1 saturated heterocycles. The first-order valence-electron chi connectivity index (χ1n) is 9.96. The molecule has 4 rings (SSSR count). The number of nitro groups is 1. The maximum absolute atomic E-state index is 12.8. The number of aryl methyl sites for hydroxylation is 3. The van der Waals surface area contributed by atoms with Crippen molar-refractivity contribution in [1.82, 2.24) is 30.2 Å². The number of thioether (sulfide) groups is 2. The lowest BCUT2D eigenvalue weighted by atomic mass is 10.0. The molecule has 0 aliphatic carbocycles. The molecule has 16 heteroatoms. The van der Waals surface area contributed by atoms with Crippen molar-refractivity contribution in [3.05, 3.63) is 38.2 Å². The highest BCUT2D eigenvalue weighted by Gasteiger charge is 2.54. The molecular weight excluding hydrogens is 506 g/mol. The molecule has 0 aromatic carbocycles. The van der Waals surface area contributed by atoms with Gasteiger partial charge < -0.3 is 20.5 Å². The number of fused-ring (bicyclic) bond motifs is 1. The van der Waals surface area contributed by atoms with Gasteiger partial charge in [-0.25, -0.2) is 4.79 Å². The lowest BCUT2D eigenvalue weighted by Gasteiger charge is -2.49. The molecule has 0 unspecified atom stereocenters. The third-order valence-corrected chi connectivity index (χ3v) is 8.55. The number of carbonyl (C=O) groups is 3. The summed E-state index contributed by atoms with van der Waals surface area (Å²) in [4.78, 5) is 48.6. The Kier molecular flexibility index (Phi) is 6.90. The Morgan fingerprint density at radius 3 is 2.76 bits per heavy atom. The fourth-order valence-electron chi connectivity index (χ4n) is 3.54. The number of carbonyl (C=O) groups excluding carboxylic acids is 2. The van der Waals surface area contributed by atoms with Crippen LogP contribution in [0.15, 0.2) is 21.7 Å². The van der Waals surface area contributed by atoms with Crippen LogP contribution in [-0.4, -0.2) is 75.6 Å². The van der Waals surface area contributed by atoms with Crippen LogP contribution in [0.4, 0.5) is 5.82 Å². The van der Waals surface area contributed by atoms with Crippen molar-refractivity contribution in [2.24, 2.45) is 0 Å². The minimum Gasteiger partial charge on any atom is -0.477 e. The first-order valence-corrected chi connectivity index (χ1v) is 12.8. The van der Waals surface area contributed by atoms with E-state index in [0.717, 1.165) is 9.35 Å². The molecule has 2 amide bonds. The smallest absolute Gasteiger partial charge is 0.390 e. The molecule has 2 aromatic heterocycles. The molecule has 2 atom stereocenters. The number of rotatable bonds is 9. The molecule has 0 radical (unpaired) electrons. The second-order valence-electron chi connectivity index (χ2n) is 7.46. The molecule has 13 nitrogen and oxygen atoms in total. The quantitative estimate of drug-likeness (QED) is 0.208. The highest BCUT2D eigenvalue weighted by atomic mass is 32.2. The van der Waals surface area contributed by atoms with Crippen molar-refractivity contribution in [3.63, 3.8) is 0 Å². The van der Waals surface area contributed by atoms with E-state index >= 15 is 0 Å². The monoisotopic (exact) mass is 525 g/mol. The van der Waals surface area contributed by atoms with Gasteiger partial charge in [-0.2, -0.15) is 4.68 Å². The number of aromatic nitrogens is 4. The minimum atomic E-state index is -1.19. The number of hydrogen-bond acceptors (Lipinski definition) is 11. The van der Waals surface area contributed by atoms with Crippen molar-refractivity contribution in [2.75, 3.05) is 11.5 Å². The lowest BCUT2D eigenvalue weighted by Crippen LogP contribution is -2.70. The van der Waals surface area contributed by atoms with E-state index in [9.17, 15) is 29.6 Å². The molecule has 4 heterocycles. The minimum absolute atomic E-state index is 0.0361. The van der Waals surface area contributed by atoms with E-state index in [2.05, 4.69) is 20.6 Å². The first-order chi connectivity index (χ1) is 16.2. The van der Waals surface area contributed by atoms with Gasteiger partial charge in [0.2, 0.25) is 5.91 Å². The van der Waals surface area contributed by atoms with E-state index in [-0.39, 0.29) is 24.5 Å². The summed E-state index contributed by atoms with van der Waals surface area (Å²) in [6, 6.07) is 0.478. The second-order valence-corrected chi connectivity index (χ2v) is 11.0. The standard InChI is InChI=1S/C18H19N7O6S3/c1-8-5-11(25(30)31)22-23(8)4-3-12(26)19-13-15(27)24-14(17(28)29)10(6-32-16(13)24)7-33-18-21-20-9(2)34-18/h5,13,16H,3-4,6-7H2,1-2H3,(H,19,26)(H,28,29)/t13-,16-/m0/s1. The third kappa shape index (κ3) is 4.78.